The van der Waals surface area contributed by atoms with Gasteiger partial charge in [-0.25, -0.2) is 4.39 Å². The van der Waals surface area contributed by atoms with Crippen molar-refractivity contribution in [1.29, 1.82) is 0 Å². The number of hydrogen-bond donors (Lipinski definition) is 2. The highest BCUT2D eigenvalue weighted by Gasteiger charge is 2.16. The van der Waals surface area contributed by atoms with Gasteiger partial charge in [-0.3, -0.25) is 0 Å². The van der Waals surface area contributed by atoms with Crippen LogP contribution in [0.5, 0.6) is 0 Å². The van der Waals surface area contributed by atoms with Crippen molar-refractivity contribution in [3.63, 3.8) is 0 Å². The number of benzene rings is 1. The minimum atomic E-state index is -0.292. The topological polar surface area (TPSA) is 29.6 Å². The number of nitrogens with one attached hydrogen (secondary N) is 1. The average molecular weight is 331 g/mol. The monoisotopic (exact) mass is 331 g/mol. The smallest absolute Gasteiger partial charge is 0.128 e. The van der Waals surface area contributed by atoms with Gasteiger partial charge in [-0.2, -0.15) is 0 Å². The summed E-state index contributed by atoms with van der Waals surface area (Å²) < 4.78 is 16.0. The number of rotatable bonds is 10. The molecular weight excluding hydrogens is 303 g/mol. The second-order valence-electron chi connectivity index (χ2n) is 6.29. The maximum absolute atomic E-state index is 13.9. The molecule has 0 spiro atoms. The molecule has 1 aromatic carbocycles. The molecule has 0 bridgehead atoms. The van der Waals surface area contributed by atoms with Gasteiger partial charge < -0.3 is 14.6 Å². The lowest BCUT2D eigenvalue weighted by Crippen LogP contribution is -3.11. The Balaban J connectivity index is 2.07. The Morgan fingerprint density at radius 2 is 2.08 bits per heavy atom. The molecule has 0 saturated heterocycles. The van der Waals surface area contributed by atoms with Crippen LogP contribution in [0.2, 0.25) is 0 Å². The number of nitrogens with zero attached hydrogens (tertiary/aromatic N) is 1. The standard InChI is InChI=1S/C20H27FN2O/c1-3-8-19(24)16-22(12-4-2)15-18-10-7-13-23(18)14-17-9-5-6-11-20(17)21/h4-7,9-11,13,19,24H,2-3,8,12,14-16H2,1H3/p+1/t19-/m1/s1. The summed E-state index contributed by atoms with van der Waals surface area (Å²) in [5, 5.41) is 10.1. The molecule has 0 aliphatic carbocycles. The number of aliphatic hydroxyl groups is 1. The molecule has 4 heteroatoms. The van der Waals surface area contributed by atoms with Gasteiger partial charge in [-0.05, 0) is 30.7 Å². The zero-order valence-corrected chi connectivity index (χ0v) is 14.4. The van der Waals surface area contributed by atoms with E-state index in [9.17, 15) is 9.50 Å². The Bertz CT molecular complexity index is 638. The SMILES string of the molecule is C=CC[NH+](Cc1cccn1Cc1ccccc1F)C[C@H](O)CCC. The van der Waals surface area contributed by atoms with Crippen LogP contribution in [0.3, 0.4) is 0 Å². The van der Waals surface area contributed by atoms with Gasteiger partial charge in [0.25, 0.3) is 0 Å². The molecule has 2 atom stereocenters. The number of aromatic nitrogens is 1. The largest absolute Gasteiger partial charge is 0.387 e. The van der Waals surface area contributed by atoms with Crippen molar-refractivity contribution in [2.75, 3.05) is 13.1 Å². The lowest BCUT2D eigenvalue weighted by Gasteiger charge is -2.22. The van der Waals surface area contributed by atoms with Crippen LogP contribution >= 0.6 is 0 Å². The summed E-state index contributed by atoms with van der Waals surface area (Å²) in [6.45, 7) is 8.71. The fourth-order valence-corrected chi connectivity index (χ4v) is 3.03. The van der Waals surface area contributed by atoms with E-state index in [1.54, 1.807) is 6.07 Å². The number of hydrogen-bond acceptors (Lipinski definition) is 1. The molecule has 0 aliphatic rings. The molecule has 2 aromatic rings. The molecule has 2 N–H and O–H groups in total. The summed E-state index contributed by atoms with van der Waals surface area (Å²) in [5.41, 5.74) is 1.82. The maximum atomic E-state index is 13.9. The van der Waals surface area contributed by atoms with Crippen LogP contribution in [-0.2, 0) is 13.1 Å². The zero-order chi connectivity index (χ0) is 17.4. The first-order valence-corrected chi connectivity index (χ1v) is 8.64. The molecule has 24 heavy (non-hydrogen) atoms. The van der Waals surface area contributed by atoms with Gasteiger partial charge in [-0.15, -0.1) is 0 Å². The van der Waals surface area contributed by atoms with Crippen LogP contribution in [0.1, 0.15) is 31.0 Å². The van der Waals surface area contributed by atoms with Gasteiger partial charge in [0.2, 0.25) is 0 Å². The first kappa shape index (κ1) is 18.4. The second-order valence-corrected chi connectivity index (χ2v) is 6.29. The van der Waals surface area contributed by atoms with Gasteiger partial charge in [0.15, 0.2) is 0 Å². The van der Waals surface area contributed by atoms with Gasteiger partial charge >= 0.3 is 0 Å². The highest BCUT2D eigenvalue weighted by atomic mass is 19.1. The van der Waals surface area contributed by atoms with Crippen molar-refractivity contribution in [2.45, 2.75) is 39.0 Å². The normalized spacial score (nSPS) is 13.6. The second kappa shape index (κ2) is 9.40. The van der Waals surface area contributed by atoms with E-state index >= 15 is 0 Å². The Hall–Kier alpha value is -1.91. The first-order valence-electron chi connectivity index (χ1n) is 8.64. The molecule has 3 nitrogen and oxygen atoms in total. The van der Waals surface area contributed by atoms with Gasteiger partial charge in [0.05, 0.1) is 18.8 Å². The quantitative estimate of drug-likeness (QED) is 0.643. The lowest BCUT2D eigenvalue weighted by molar-refractivity contribution is -0.911. The minimum Gasteiger partial charge on any atom is -0.387 e. The summed E-state index contributed by atoms with van der Waals surface area (Å²) in [6, 6.07) is 10.9. The number of halogens is 1. The molecule has 0 amide bonds. The van der Waals surface area contributed by atoms with Crippen LogP contribution in [0.4, 0.5) is 4.39 Å². The van der Waals surface area contributed by atoms with E-state index in [1.165, 1.54) is 11.0 Å². The van der Waals surface area contributed by atoms with Crippen LogP contribution in [-0.4, -0.2) is 28.9 Å². The molecule has 1 unspecified atom stereocenters. The zero-order valence-electron chi connectivity index (χ0n) is 14.4. The summed E-state index contributed by atoms with van der Waals surface area (Å²) >= 11 is 0. The Morgan fingerprint density at radius 3 is 2.79 bits per heavy atom. The Kier molecular flexibility index (Phi) is 7.22. The van der Waals surface area contributed by atoms with Crippen LogP contribution in [0.25, 0.3) is 0 Å². The minimum absolute atomic E-state index is 0.175. The third kappa shape index (κ3) is 5.32. The number of quaternary nitrogens is 1. The third-order valence-electron chi connectivity index (χ3n) is 4.23. The molecule has 130 valence electrons. The molecule has 0 saturated carbocycles. The van der Waals surface area contributed by atoms with E-state index in [1.807, 2.05) is 30.5 Å². The van der Waals surface area contributed by atoms with E-state index < -0.39 is 0 Å². The highest BCUT2D eigenvalue weighted by Crippen LogP contribution is 2.11. The Morgan fingerprint density at radius 1 is 1.29 bits per heavy atom. The summed E-state index contributed by atoms with van der Waals surface area (Å²) in [4.78, 5) is 1.26. The highest BCUT2D eigenvalue weighted by molar-refractivity contribution is 5.19. The summed E-state index contributed by atoms with van der Waals surface area (Å²) in [6.07, 6.45) is 5.37. The van der Waals surface area contributed by atoms with Crippen molar-refractivity contribution in [3.05, 3.63) is 72.3 Å². The fraction of sp³-hybridized carbons (Fsp3) is 0.400. The van der Waals surface area contributed by atoms with Gasteiger partial charge in [-0.1, -0.05) is 38.1 Å². The molecular formula is C20H28FN2O+. The molecule has 0 fully saturated rings. The lowest BCUT2D eigenvalue weighted by atomic mass is 10.2. The Labute approximate surface area is 144 Å². The first-order chi connectivity index (χ1) is 11.6. The van der Waals surface area contributed by atoms with Crippen molar-refractivity contribution < 1.29 is 14.4 Å². The summed E-state index contributed by atoms with van der Waals surface area (Å²) in [5.74, 6) is -0.175. The van der Waals surface area contributed by atoms with E-state index in [4.69, 9.17) is 0 Å². The molecule has 1 heterocycles. The van der Waals surface area contributed by atoms with E-state index in [2.05, 4.69) is 24.1 Å². The van der Waals surface area contributed by atoms with E-state index in [-0.39, 0.29) is 11.9 Å². The van der Waals surface area contributed by atoms with E-state index in [0.29, 0.717) is 18.7 Å². The van der Waals surface area contributed by atoms with Crippen molar-refractivity contribution >= 4 is 0 Å². The third-order valence-corrected chi connectivity index (χ3v) is 4.23. The maximum Gasteiger partial charge on any atom is 0.128 e. The predicted octanol–water partition coefficient (Wildman–Crippen LogP) is 2.41. The molecule has 1 aromatic heterocycles. The van der Waals surface area contributed by atoms with Crippen LogP contribution < -0.4 is 4.90 Å². The molecule has 2 rings (SSSR count). The van der Waals surface area contributed by atoms with Crippen LogP contribution in [0, 0.1) is 5.82 Å². The van der Waals surface area contributed by atoms with Crippen LogP contribution in [0.15, 0.2) is 55.3 Å². The average Bonchev–Trinajstić information content (AvgIpc) is 2.97. The predicted molar refractivity (Wildman–Crippen MR) is 95.4 cm³/mol. The summed E-state index contributed by atoms with van der Waals surface area (Å²) in [7, 11) is 0. The van der Waals surface area contributed by atoms with Crippen molar-refractivity contribution in [2.24, 2.45) is 0 Å². The van der Waals surface area contributed by atoms with E-state index in [0.717, 1.165) is 31.6 Å². The van der Waals surface area contributed by atoms with Gasteiger partial charge in [0, 0.05) is 11.8 Å². The van der Waals surface area contributed by atoms with Gasteiger partial charge in [0.1, 0.15) is 25.0 Å². The van der Waals surface area contributed by atoms with Crippen molar-refractivity contribution in [3.8, 4) is 0 Å². The molecule has 0 aliphatic heterocycles. The number of aliphatic hydroxyl groups excluding tert-OH is 1. The van der Waals surface area contributed by atoms with Crippen molar-refractivity contribution in [1.82, 2.24) is 4.57 Å². The fourth-order valence-electron chi connectivity index (χ4n) is 3.03. The molecule has 0 radical (unpaired) electrons.